The minimum Gasteiger partial charge on any atom is -0.479 e. The molecule has 1 amide bonds. The number of fused-ring (bicyclic) bond motifs is 1. The van der Waals surface area contributed by atoms with Crippen LogP contribution < -0.4 is 5.32 Å². The standard InChI is InChI=1S/C15H18N2O3/c18-14(12-6-3-8-16-12)17-9-7-10-4-1-2-5-11(10)13(17)15(19)20/h1-2,4-5,12-13,16H,3,6-9H2,(H,19,20)/t12-,13?/m0/s1. The van der Waals surface area contributed by atoms with E-state index in [1.807, 2.05) is 24.3 Å². The number of carbonyl (C=O) groups is 2. The maximum atomic E-state index is 12.5. The predicted octanol–water partition coefficient (Wildman–Crippen LogP) is 0.949. The first-order valence-corrected chi connectivity index (χ1v) is 7.03. The Morgan fingerprint density at radius 2 is 2.10 bits per heavy atom. The molecule has 0 aromatic heterocycles. The fourth-order valence-electron chi connectivity index (χ4n) is 3.17. The molecule has 5 nitrogen and oxygen atoms in total. The Hall–Kier alpha value is -1.88. The molecule has 1 saturated heterocycles. The topological polar surface area (TPSA) is 69.6 Å². The Kier molecular flexibility index (Phi) is 3.44. The summed E-state index contributed by atoms with van der Waals surface area (Å²) in [4.78, 5) is 25.7. The first-order valence-electron chi connectivity index (χ1n) is 7.03. The van der Waals surface area contributed by atoms with Gasteiger partial charge in [0, 0.05) is 6.54 Å². The lowest BCUT2D eigenvalue weighted by Gasteiger charge is -2.36. The molecule has 2 N–H and O–H groups in total. The molecule has 1 fully saturated rings. The van der Waals surface area contributed by atoms with Gasteiger partial charge in [-0.05, 0) is 36.9 Å². The summed E-state index contributed by atoms with van der Waals surface area (Å²) < 4.78 is 0. The van der Waals surface area contributed by atoms with Crippen molar-refractivity contribution in [3.05, 3.63) is 35.4 Å². The third-order valence-electron chi connectivity index (χ3n) is 4.16. The maximum absolute atomic E-state index is 12.5. The molecule has 1 aromatic rings. The highest BCUT2D eigenvalue weighted by Crippen LogP contribution is 2.31. The lowest BCUT2D eigenvalue weighted by atomic mass is 9.92. The van der Waals surface area contributed by atoms with E-state index >= 15 is 0 Å². The van der Waals surface area contributed by atoms with Gasteiger partial charge in [-0.15, -0.1) is 0 Å². The third kappa shape index (κ3) is 2.18. The molecular formula is C15H18N2O3. The van der Waals surface area contributed by atoms with Gasteiger partial charge in [0.2, 0.25) is 5.91 Å². The molecule has 20 heavy (non-hydrogen) atoms. The average Bonchev–Trinajstić information content (AvgIpc) is 2.99. The van der Waals surface area contributed by atoms with Gasteiger partial charge < -0.3 is 15.3 Å². The molecular weight excluding hydrogens is 256 g/mol. The normalized spacial score (nSPS) is 25.3. The summed E-state index contributed by atoms with van der Waals surface area (Å²) in [5, 5.41) is 12.7. The van der Waals surface area contributed by atoms with Crippen molar-refractivity contribution in [1.29, 1.82) is 0 Å². The van der Waals surface area contributed by atoms with E-state index in [1.165, 1.54) is 4.90 Å². The summed E-state index contributed by atoms with van der Waals surface area (Å²) in [7, 11) is 0. The number of hydrogen-bond donors (Lipinski definition) is 2. The molecule has 0 aliphatic carbocycles. The van der Waals surface area contributed by atoms with Crippen molar-refractivity contribution in [2.75, 3.05) is 13.1 Å². The van der Waals surface area contributed by atoms with E-state index in [1.54, 1.807) is 0 Å². The van der Waals surface area contributed by atoms with Crippen molar-refractivity contribution >= 4 is 11.9 Å². The summed E-state index contributed by atoms with van der Waals surface area (Å²) in [6, 6.07) is 6.43. The highest BCUT2D eigenvalue weighted by atomic mass is 16.4. The molecule has 0 spiro atoms. The van der Waals surface area contributed by atoms with Crippen LogP contribution >= 0.6 is 0 Å². The van der Waals surface area contributed by atoms with Crippen LogP contribution in [0.4, 0.5) is 0 Å². The smallest absolute Gasteiger partial charge is 0.331 e. The van der Waals surface area contributed by atoms with Crippen LogP contribution in [0.15, 0.2) is 24.3 Å². The van der Waals surface area contributed by atoms with E-state index in [0.717, 1.165) is 36.9 Å². The molecule has 2 aliphatic rings. The van der Waals surface area contributed by atoms with Crippen LogP contribution in [0.3, 0.4) is 0 Å². The highest BCUT2D eigenvalue weighted by molar-refractivity contribution is 5.88. The number of carbonyl (C=O) groups excluding carboxylic acids is 1. The van der Waals surface area contributed by atoms with Gasteiger partial charge in [0.25, 0.3) is 0 Å². The monoisotopic (exact) mass is 274 g/mol. The van der Waals surface area contributed by atoms with E-state index in [2.05, 4.69) is 5.32 Å². The van der Waals surface area contributed by atoms with Gasteiger partial charge in [0.1, 0.15) is 0 Å². The maximum Gasteiger partial charge on any atom is 0.331 e. The van der Waals surface area contributed by atoms with Crippen LogP contribution in [0.25, 0.3) is 0 Å². The van der Waals surface area contributed by atoms with Gasteiger partial charge >= 0.3 is 5.97 Å². The molecule has 5 heteroatoms. The van der Waals surface area contributed by atoms with E-state index in [4.69, 9.17) is 0 Å². The number of benzene rings is 1. The number of aliphatic carboxylic acids is 1. The van der Waals surface area contributed by atoms with Crippen LogP contribution in [0.1, 0.15) is 30.0 Å². The third-order valence-corrected chi connectivity index (χ3v) is 4.16. The van der Waals surface area contributed by atoms with Crippen LogP contribution in [-0.4, -0.2) is 41.0 Å². The van der Waals surface area contributed by atoms with Crippen LogP contribution in [-0.2, 0) is 16.0 Å². The summed E-state index contributed by atoms with van der Waals surface area (Å²) in [6.45, 7) is 1.31. The summed E-state index contributed by atoms with van der Waals surface area (Å²) in [6.07, 6.45) is 2.49. The zero-order chi connectivity index (χ0) is 14.1. The minimum atomic E-state index is -0.955. The molecule has 0 radical (unpaired) electrons. The van der Waals surface area contributed by atoms with Gasteiger partial charge in [-0.25, -0.2) is 4.79 Å². The van der Waals surface area contributed by atoms with Gasteiger partial charge in [0.15, 0.2) is 6.04 Å². The van der Waals surface area contributed by atoms with Crippen LogP contribution in [0.5, 0.6) is 0 Å². The van der Waals surface area contributed by atoms with E-state index in [9.17, 15) is 14.7 Å². The molecule has 2 aliphatic heterocycles. The molecule has 1 unspecified atom stereocenters. The summed E-state index contributed by atoms with van der Waals surface area (Å²) in [5.74, 6) is -1.03. The average molecular weight is 274 g/mol. The second kappa shape index (κ2) is 5.25. The Bertz CT molecular complexity index is 538. The van der Waals surface area contributed by atoms with E-state index < -0.39 is 12.0 Å². The van der Waals surface area contributed by atoms with Crippen molar-refractivity contribution in [2.24, 2.45) is 0 Å². The van der Waals surface area contributed by atoms with E-state index in [-0.39, 0.29) is 11.9 Å². The number of rotatable bonds is 2. The molecule has 1 aromatic carbocycles. The zero-order valence-electron chi connectivity index (χ0n) is 11.2. The van der Waals surface area contributed by atoms with Crippen molar-refractivity contribution in [2.45, 2.75) is 31.3 Å². The first kappa shape index (κ1) is 13.1. The molecule has 0 saturated carbocycles. The number of hydrogen-bond acceptors (Lipinski definition) is 3. The van der Waals surface area contributed by atoms with Gasteiger partial charge in [-0.2, -0.15) is 0 Å². The summed E-state index contributed by atoms with van der Waals surface area (Å²) in [5.41, 5.74) is 1.78. The Morgan fingerprint density at radius 1 is 1.30 bits per heavy atom. The molecule has 106 valence electrons. The summed E-state index contributed by atoms with van der Waals surface area (Å²) >= 11 is 0. The fourth-order valence-corrected chi connectivity index (χ4v) is 3.17. The van der Waals surface area contributed by atoms with Crippen LogP contribution in [0, 0.1) is 0 Å². The van der Waals surface area contributed by atoms with Crippen molar-refractivity contribution < 1.29 is 14.7 Å². The lowest BCUT2D eigenvalue weighted by molar-refractivity contribution is -0.152. The highest BCUT2D eigenvalue weighted by Gasteiger charge is 2.38. The Labute approximate surface area is 117 Å². The SMILES string of the molecule is O=C(O)C1c2ccccc2CCN1C(=O)[C@@H]1CCCN1. The second-order valence-electron chi connectivity index (χ2n) is 5.37. The minimum absolute atomic E-state index is 0.0793. The van der Waals surface area contributed by atoms with Crippen LogP contribution in [0.2, 0.25) is 0 Å². The Balaban J connectivity index is 1.92. The first-order chi connectivity index (χ1) is 9.68. The molecule has 2 atom stereocenters. The number of nitrogens with zero attached hydrogens (tertiary/aromatic N) is 1. The zero-order valence-corrected chi connectivity index (χ0v) is 11.2. The largest absolute Gasteiger partial charge is 0.479 e. The Morgan fingerprint density at radius 3 is 2.80 bits per heavy atom. The van der Waals surface area contributed by atoms with Gasteiger partial charge in [-0.3, -0.25) is 4.79 Å². The van der Waals surface area contributed by atoms with Crippen molar-refractivity contribution in [3.63, 3.8) is 0 Å². The quantitative estimate of drug-likeness (QED) is 0.842. The predicted molar refractivity (Wildman–Crippen MR) is 73.3 cm³/mol. The number of carboxylic acid groups (broad SMARTS) is 1. The molecule has 2 heterocycles. The number of carboxylic acids is 1. The van der Waals surface area contributed by atoms with Gasteiger partial charge in [0.05, 0.1) is 6.04 Å². The van der Waals surface area contributed by atoms with Crippen molar-refractivity contribution in [3.8, 4) is 0 Å². The molecule has 3 rings (SSSR count). The number of nitrogens with one attached hydrogen (secondary N) is 1. The fraction of sp³-hybridized carbons (Fsp3) is 0.467. The second-order valence-corrected chi connectivity index (χ2v) is 5.37. The number of amides is 1. The molecule has 0 bridgehead atoms. The van der Waals surface area contributed by atoms with E-state index in [0.29, 0.717) is 6.54 Å². The van der Waals surface area contributed by atoms with Crippen molar-refractivity contribution in [1.82, 2.24) is 10.2 Å². The lowest BCUT2D eigenvalue weighted by Crippen LogP contribution is -2.50. The van der Waals surface area contributed by atoms with Gasteiger partial charge in [-0.1, -0.05) is 24.3 Å².